The molecule has 4 nitrogen and oxygen atoms in total. The maximum absolute atomic E-state index is 13.2. The summed E-state index contributed by atoms with van der Waals surface area (Å²) >= 11 is 1.83. The maximum Gasteiger partial charge on any atom is 0.244 e. The van der Waals surface area contributed by atoms with Crippen molar-refractivity contribution in [2.24, 2.45) is 0 Å². The molecule has 1 saturated heterocycles. The molecule has 5 rings (SSSR count). The fourth-order valence-corrected chi connectivity index (χ4v) is 5.68. The number of hydrogen-bond donors (Lipinski definition) is 0. The Morgan fingerprint density at radius 3 is 2.64 bits per heavy atom. The lowest BCUT2D eigenvalue weighted by Gasteiger charge is -2.36. The van der Waals surface area contributed by atoms with E-state index in [4.69, 9.17) is 4.98 Å². The first-order valence-electron chi connectivity index (χ1n) is 10.2. The summed E-state index contributed by atoms with van der Waals surface area (Å²) in [5, 5.41) is 1.26. The van der Waals surface area contributed by atoms with Gasteiger partial charge in [-0.15, -0.1) is 11.3 Å². The van der Waals surface area contributed by atoms with Crippen LogP contribution >= 0.6 is 11.3 Å². The van der Waals surface area contributed by atoms with Crippen LogP contribution in [0.15, 0.2) is 48.5 Å². The van der Waals surface area contributed by atoms with E-state index in [9.17, 15) is 4.79 Å². The van der Waals surface area contributed by atoms with Crippen molar-refractivity contribution in [3.63, 3.8) is 0 Å². The highest BCUT2D eigenvalue weighted by Gasteiger charge is 2.33. The highest BCUT2D eigenvalue weighted by molar-refractivity contribution is 7.18. The van der Waals surface area contributed by atoms with Crippen molar-refractivity contribution < 1.29 is 4.79 Å². The molecule has 0 saturated carbocycles. The SMILES string of the molecule is C[C@H](C(=O)N1CCc2ccccc21)N1CCC(c2nc3ccccc3s2)CC1. The Labute approximate surface area is 169 Å². The molecule has 1 amide bonds. The monoisotopic (exact) mass is 391 g/mol. The lowest BCUT2D eigenvalue weighted by atomic mass is 9.96. The average molecular weight is 392 g/mol. The lowest BCUT2D eigenvalue weighted by Crippen LogP contribution is -2.49. The van der Waals surface area contributed by atoms with Crippen LogP contribution in [0, 0.1) is 0 Å². The van der Waals surface area contributed by atoms with Crippen molar-refractivity contribution in [1.82, 2.24) is 9.88 Å². The van der Waals surface area contributed by atoms with Gasteiger partial charge in [0.15, 0.2) is 0 Å². The number of anilines is 1. The zero-order valence-electron chi connectivity index (χ0n) is 16.2. The van der Waals surface area contributed by atoms with Crippen molar-refractivity contribution in [1.29, 1.82) is 0 Å². The third kappa shape index (κ3) is 3.12. The molecule has 0 bridgehead atoms. The second-order valence-corrected chi connectivity index (χ2v) is 8.94. The van der Waals surface area contributed by atoms with Gasteiger partial charge in [0.2, 0.25) is 5.91 Å². The minimum atomic E-state index is -0.0672. The van der Waals surface area contributed by atoms with Crippen LogP contribution < -0.4 is 4.90 Å². The number of para-hydroxylation sites is 2. The van der Waals surface area contributed by atoms with Gasteiger partial charge in [0.05, 0.1) is 21.3 Å². The Morgan fingerprint density at radius 1 is 1.07 bits per heavy atom. The second-order valence-electron chi connectivity index (χ2n) is 7.87. The van der Waals surface area contributed by atoms with Gasteiger partial charge < -0.3 is 4.90 Å². The van der Waals surface area contributed by atoms with E-state index < -0.39 is 0 Å². The van der Waals surface area contributed by atoms with Gasteiger partial charge in [-0.3, -0.25) is 9.69 Å². The summed E-state index contributed by atoms with van der Waals surface area (Å²) < 4.78 is 1.27. The molecule has 0 N–H and O–H groups in total. The van der Waals surface area contributed by atoms with Crippen LogP contribution in [0.3, 0.4) is 0 Å². The first-order valence-corrected chi connectivity index (χ1v) is 11.0. The van der Waals surface area contributed by atoms with Crippen LogP contribution in [0.1, 0.15) is 36.3 Å². The summed E-state index contributed by atoms with van der Waals surface area (Å²) in [5.74, 6) is 0.756. The summed E-state index contributed by atoms with van der Waals surface area (Å²) in [6, 6.07) is 16.6. The zero-order chi connectivity index (χ0) is 19.1. The molecular formula is C23H25N3OS. The van der Waals surface area contributed by atoms with Crippen LogP contribution in [0.4, 0.5) is 5.69 Å². The molecule has 0 radical (unpaired) electrons. The number of aromatic nitrogens is 1. The molecule has 144 valence electrons. The van der Waals surface area contributed by atoms with E-state index in [2.05, 4.69) is 54.3 Å². The quantitative estimate of drug-likeness (QED) is 0.662. The Hall–Kier alpha value is -2.24. The molecule has 2 aliphatic rings. The van der Waals surface area contributed by atoms with Crippen LogP contribution in [0.25, 0.3) is 10.2 Å². The van der Waals surface area contributed by atoms with Crippen molar-refractivity contribution in [3.05, 3.63) is 59.1 Å². The van der Waals surface area contributed by atoms with Crippen LogP contribution in [0.2, 0.25) is 0 Å². The summed E-state index contributed by atoms with van der Waals surface area (Å²) in [6.45, 7) is 4.80. The van der Waals surface area contributed by atoms with Crippen molar-refractivity contribution in [2.75, 3.05) is 24.5 Å². The predicted octanol–water partition coefficient (Wildman–Crippen LogP) is 4.45. The van der Waals surface area contributed by atoms with E-state index in [1.807, 2.05) is 22.3 Å². The Morgan fingerprint density at radius 2 is 1.82 bits per heavy atom. The number of amides is 1. The summed E-state index contributed by atoms with van der Waals surface area (Å²) in [4.78, 5) is 22.3. The molecule has 0 aliphatic carbocycles. The fraction of sp³-hybridized carbons (Fsp3) is 0.391. The molecule has 5 heteroatoms. The van der Waals surface area contributed by atoms with E-state index in [0.29, 0.717) is 5.92 Å². The third-order valence-electron chi connectivity index (χ3n) is 6.25. The van der Waals surface area contributed by atoms with Crippen molar-refractivity contribution in [3.8, 4) is 0 Å². The average Bonchev–Trinajstić information content (AvgIpc) is 3.37. The standard InChI is InChI=1S/C23H25N3OS/c1-16(23(27)26-15-12-17-6-2-4-8-20(17)26)25-13-10-18(11-14-25)22-24-19-7-3-5-9-21(19)28-22/h2-9,16,18H,10-15H2,1H3/t16-/m1/s1. The minimum absolute atomic E-state index is 0.0672. The third-order valence-corrected chi connectivity index (χ3v) is 7.45. The topological polar surface area (TPSA) is 36.4 Å². The molecule has 2 aromatic carbocycles. The van der Waals surface area contributed by atoms with E-state index in [1.165, 1.54) is 15.3 Å². The highest BCUT2D eigenvalue weighted by atomic mass is 32.1. The van der Waals surface area contributed by atoms with Gasteiger partial charge in [0.25, 0.3) is 0 Å². The molecule has 0 unspecified atom stereocenters. The molecule has 2 aliphatic heterocycles. The molecule has 3 heterocycles. The highest BCUT2D eigenvalue weighted by Crippen LogP contribution is 2.35. The van der Waals surface area contributed by atoms with E-state index in [1.54, 1.807) is 0 Å². The number of carbonyl (C=O) groups is 1. The zero-order valence-corrected chi connectivity index (χ0v) is 17.0. The van der Waals surface area contributed by atoms with E-state index >= 15 is 0 Å². The summed E-state index contributed by atoms with van der Waals surface area (Å²) in [7, 11) is 0. The smallest absolute Gasteiger partial charge is 0.244 e. The summed E-state index contributed by atoms with van der Waals surface area (Å²) in [5.41, 5.74) is 3.50. The number of benzene rings is 2. The van der Waals surface area contributed by atoms with Gasteiger partial charge in [0.1, 0.15) is 0 Å². The number of nitrogens with zero attached hydrogens (tertiary/aromatic N) is 3. The number of thiazole rings is 1. The van der Waals surface area contributed by atoms with Crippen LogP contribution in [-0.4, -0.2) is 41.5 Å². The van der Waals surface area contributed by atoms with Gasteiger partial charge in [-0.25, -0.2) is 4.98 Å². The number of hydrogen-bond acceptors (Lipinski definition) is 4. The van der Waals surface area contributed by atoms with E-state index in [0.717, 1.165) is 50.1 Å². The van der Waals surface area contributed by atoms with Gasteiger partial charge in [-0.05, 0) is 63.0 Å². The van der Waals surface area contributed by atoms with Crippen molar-refractivity contribution in [2.45, 2.75) is 38.1 Å². The number of fused-ring (bicyclic) bond motifs is 2. The van der Waals surface area contributed by atoms with Crippen LogP contribution in [-0.2, 0) is 11.2 Å². The van der Waals surface area contributed by atoms with Gasteiger partial charge in [-0.2, -0.15) is 0 Å². The van der Waals surface area contributed by atoms with E-state index in [-0.39, 0.29) is 11.9 Å². The molecule has 3 aromatic rings. The Kier molecular flexibility index (Phi) is 4.65. The Bertz CT molecular complexity index is 973. The lowest BCUT2D eigenvalue weighted by molar-refractivity contribution is -0.123. The first-order chi connectivity index (χ1) is 13.7. The fourth-order valence-electron chi connectivity index (χ4n) is 4.55. The number of likely N-dealkylation sites (tertiary alicyclic amines) is 1. The normalized spacial score (nSPS) is 19.1. The van der Waals surface area contributed by atoms with Gasteiger partial charge in [-0.1, -0.05) is 30.3 Å². The molecule has 1 atom stereocenters. The van der Waals surface area contributed by atoms with Crippen LogP contribution in [0.5, 0.6) is 0 Å². The van der Waals surface area contributed by atoms with Crippen molar-refractivity contribution >= 4 is 33.1 Å². The second kappa shape index (κ2) is 7.30. The molecule has 28 heavy (non-hydrogen) atoms. The predicted molar refractivity (Wildman–Crippen MR) is 115 cm³/mol. The number of rotatable bonds is 3. The first kappa shape index (κ1) is 17.8. The summed E-state index contributed by atoms with van der Waals surface area (Å²) in [6.07, 6.45) is 3.12. The number of carbonyl (C=O) groups excluding carboxylic acids is 1. The number of piperidine rings is 1. The van der Waals surface area contributed by atoms with Gasteiger partial charge in [0, 0.05) is 18.2 Å². The molecule has 0 spiro atoms. The molecule has 1 aromatic heterocycles. The Balaban J connectivity index is 1.24. The van der Waals surface area contributed by atoms with Gasteiger partial charge >= 0.3 is 0 Å². The maximum atomic E-state index is 13.2. The minimum Gasteiger partial charge on any atom is -0.310 e. The largest absolute Gasteiger partial charge is 0.310 e. The molecular weight excluding hydrogens is 366 g/mol. The molecule has 1 fully saturated rings.